The van der Waals surface area contributed by atoms with Crippen molar-refractivity contribution in [2.45, 2.75) is 12.8 Å². The van der Waals surface area contributed by atoms with Crippen LogP contribution in [0.3, 0.4) is 0 Å². The van der Waals surface area contributed by atoms with E-state index in [2.05, 4.69) is 15.6 Å². The molecule has 0 fully saturated rings. The number of rotatable bonds is 8. The van der Waals surface area contributed by atoms with Crippen LogP contribution in [0.5, 0.6) is 0 Å². The smallest absolute Gasteiger partial charge is 0.251 e. The third kappa shape index (κ3) is 6.06. The molecule has 0 aliphatic carbocycles. The molecule has 0 saturated heterocycles. The van der Waals surface area contributed by atoms with Gasteiger partial charge in [0.2, 0.25) is 0 Å². The van der Waals surface area contributed by atoms with E-state index in [1.807, 2.05) is 24.3 Å². The first-order valence-corrected chi connectivity index (χ1v) is 9.45. The van der Waals surface area contributed by atoms with E-state index in [0.29, 0.717) is 30.9 Å². The van der Waals surface area contributed by atoms with E-state index in [4.69, 9.17) is 11.6 Å². The van der Waals surface area contributed by atoms with Gasteiger partial charge in [-0.05, 0) is 60.4 Å². The fraction of sp³-hybridized carbons (Fsp3) is 0.182. The molecule has 3 aromatic rings. The van der Waals surface area contributed by atoms with Gasteiger partial charge >= 0.3 is 0 Å². The van der Waals surface area contributed by atoms with Crippen molar-refractivity contribution in [2.75, 3.05) is 18.4 Å². The largest absolute Gasteiger partial charge is 0.370 e. The van der Waals surface area contributed by atoms with Gasteiger partial charge in [-0.2, -0.15) is 0 Å². The standard InChI is InChI=1S/C22H21ClFN3O/c23-19-3-1-2-17(14-19)9-11-25-21-15-18(10-13-26-21)22(28)27-12-8-16-4-6-20(24)7-5-16/h1-7,10,13-15H,8-9,11-12H2,(H,25,26)(H,27,28). The average molecular weight is 398 g/mol. The van der Waals surface area contributed by atoms with E-state index in [9.17, 15) is 9.18 Å². The first-order valence-electron chi connectivity index (χ1n) is 9.07. The van der Waals surface area contributed by atoms with Gasteiger partial charge in [-0.25, -0.2) is 9.37 Å². The minimum Gasteiger partial charge on any atom is -0.370 e. The maximum absolute atomic E-state index is 12.9. The number of carbonyl (C=O) groups excluding carboxylic acids is 1. The van der Waals surface area contributed by atoms with E-state index < -0.39 is 0 Å². The highest BCUT2D eigenvalue weighted by Gasteiger charge is 2.07. The molecule has 1 heterocycles. The maximum atomic E-state index is 12.9. The summed E-state index contributed by atoms with van der Waals surface area (Å²) < 4.78 is 12.9. The molecule has 28 heavy (non-hydrogen) atoms. The van der Waals surface area contributed by atoms with Crippen LogP contribution in [-0.4, -0.2) is 24.0 Å². The molecule has 0 unspecified atom stereocenters. The van der Waals surface area contributed by atoms with Gasteiger partial charge in [-0.15, -0.1) is 0 Å². The lowest BCUT2D eigenvalue weighted by atomic mass is 10.1. The lowest BCUT2D eigenvalue weighted by molar-refractivity contribution is 0.0954. The minimum absolute atomic E-state index is 0.164. The van der Waals surface area contributed by atoms with Crippen LogP contribution in [0.25, 0.3) is 0 Å². The van der Waals surface area contributed by atoms with Crippen LogP contribution in [0.15, 0.2) is 66.9 Å². The molecule has 1 amide bonds. The van der Waals surface area contributed by atoms with Crippen molar-refractivity contribution in [3.8, 4) is 0 Å². The molecule has 6 heteroatoms. The van der Waals surface area contributed by atoms with E-state index in [0.717, 1.165) is 22.6 Å². The number of amides is 1. The molecule has 0 atom stereocenters. The number of aromatic nitrogens is 1. The van der Waals surface area contributed by atoms with Crippen molar-refractivity contribution in [3.05, 3.63) is 94.4 Å². The summed E-state index contributed by atoms with van der Waals surface area (Å²) in [6, 6.07) is 17.4. The predicted molar refractivity (Wildman–Crippen MR) is 110 cm³/mol. The first-order chi connectivity index (χ1) is 13.6. The minimum atomic E-state index is -0.264. The number of hydrogen-bond acceptors (Lipinski definition) is 3. The highest BCUT2D eigenvalue weighted by Crippen LogP contribution is 2.12. The normalized spacial score (nSPS) is 10.5. The zero-order chi connectivity index (χ0) is 19.8. The van der Waals surface area contributed by atoms with E-state index >= 15 is 0 Å². The maximum Gasteiger partial charge on any atom is 0.251 e. The molecule has 0 bridgehead atoms. The molecule has 1 aromatic heterocycles. The summed E-state index contributed by atoms with van der Waals surface area (Å²) in [5.41, 5.74) is 2.65. The quantitative estimate of drug-likeness (QED) is 0.588. The van der Waals surface area contributed by atoms with Gasteiger partial charge in [0.1, 0.15) is 11.6 Å². The van der Waals surface area contributed by atoms with Gasteiger partial charge in [-0.3, -0.25) is 4.79 Å². The molecule has 0 saturated carbocycles. The molecule has 0 radical (unpaired) electrons. The second-order valence-electron chi connectivity index (χ2n) is 6.37. The summed E-state index contributed by atoms with van der Waals surface area (Å²) in [6.45, 7) is 1.16. The lowest BCUT2D eigenvalue weighted by Crippen LogP contribution is -2.25. The molecule has 0 spiro atoms. The molecule has 3 rings (SSSR count). The summed E-state index contributed by atoms with van der Waals surface area (Å²) in [7, 11) is 0. The van der Waals surface area contributed by atoms with Crippen LogP contribution >= 0.6 is 11.6 Å². The zero-order valence-corrected chi connectivity index (χ0v) is 16.0. The van der Waals surface area contributed by atoms with Gasteiger partial charge in [0.25, 0.3) is 5.91 Å². The highest BCUT2D eigenvalue weighted by atomic mass is 35.5. The Hall–Kier alpha value is -2.92. The van der Waals surface area contributed by atoms with Crippen molar-refractivity contribution < 1.29 is 9.18 Å². The number of hydrogen-bond donors (Lipinski definition) is 2. The number of carbonyl (C=O) groups is 1. The molecule has 0 aliphatic heterocycles. The molecule has 144 valence electrons. The number of benzene rings is 2. The van der Waals surface area contributed by atoms with E-state index in [1.54, 1.807) is 30.5 Å². The highest BCUT2D eigenvalue weighted by molar-refractivity contribution is 6.30. The van der Waals surface area contributed by atoms with E-state index in [-0.39, 0.29) is 11.7 Å². The fourth-order valence-electron chi connectivity index (χ4n) is 2.77. The zero-order valence-electron chi connectivity index (χ0n) is 15.3. The topological polar surface area (TPSA) is 54.0 Å². The summed E-state index contributed by atoms with van der Waals surface area (Å²) in [5, 5.41) is 6.82. The number of anilines is 1. The Balaban J connectivity index is 1.47. The monoisotopic (exact) mass is 397 g/mol. The van der Waals surface area contributed by atoms with Gasteiger partial charge in [0.15, 0.2) is 0 Å². The first kappa shape index (κ1) is 19.8. The summed E-state index contributed by atoms with van der Waals surface area (Å²) in [6.07, 6.45) is 3.05. The van der Waals surface area contributed by atoms with Crippen molar-refractivity contribution in [2.24, 2.45) is 0 Å². The molecule has 2 N–H and O–H groups in total. The van der Waals surface area contributed by atoms with Crippen LogP contribution in [0, 0.1) is 5.82 Å². The second-order valence-corrected chi connectivity index (χ2v) is 6.81. The molecule has 2 aromatic carbocycles. The number of halogens is 2. The van der Waals surface area contributed by atoms with Gasteiger partial charge in [-0.1, -0.05) is 35.9 Å². The van der Waals surface area contributed by atoms with Gasteiger partial charge in [0, 0.05) is 29.9 Å². The third-order valence-electron chi connectivity index (χ3n) is 4.24. The van der Waals surface area contributed by atoms with Crippen LogP contribution in [0.1, 0.15) is 21.5 Å². The molecule has 4 nitrogen and oxygen atoms in total. The summed E-state index contributed by atoms with van der Waals surface area (Å²) in [5.74, 6) is 0.218. The SMILES string of the molecule is O=C(NCCc1ccc(F)cc1)c1ccnc(NCCc2cccc(Cl)c2)c1. The Morgan fingerprint density at radius 2 is 1.75 bits per heavy atom. The van der Waals surface area contributed by atoms with Gasteiger partial charge < -0.3 is 10.6 Å². The van der Waals surface area contributed by atoms with Crippen LogP contribution in [-0.2, 0) is 12.8 Å². The van der Waals surface area contributed by atoms with Crippen molar-refractivity contribution >= 4 is 23.3 Å². The van der Waals surface area contributed by atoms with Gasteiger partial charge in [0.05, 0.1) is 0 Å². The van der Waals surface area contributed by atoms with Crippen LogP contribution in [0.4, 0.5) is 10.2 Å². The predicted octanol–water partition coefficient (Wildman–Crippen LogP) is 4.50. The van der Waals surface area contributed by atoms with Crippen molar-refractivity contribution in [1.29, 1.82) is 0 Å². The third-order valence-corrected chi connectivity index (χ3v) is 4.48. The average Bonchev–Trinajstić information content (AvgIpc) is 2.70. The summed E-state index contributed by atoms with van der Waals surface area (Å²) in [4.78, 5) is 16.6. The number of nitrogens with zero attached hydrogens (tertiary/aromatic N) is 1. The summed E-state index contributed by atoms with van der Waals surface area (Å²) >= 11 is 5.99. The number of nitrogens with one attached hydrogen (secondary N) is 2. The Kier molecular flexibility index (Phi) is 6.98. The van der Waals surface area contributed by atoms with E-state index in [1.165, 1.54) is 12.1 Å². The lowest BCUT2D eigenvalue weighted by Gasteiger charge is -2.09. The molecular weight excluding hydrogens is 377 g/mol. The fourth-order valence-corrected chi connectivity index (χ4v) is 2.98. The second kappa shape index (κ2) is 9.85. The van der Waals surface area contributed by atoms with Crippen LogP contribution < -0.4 is 10.6 Å². The molecule has 0 aliphatic rings. The Labute approximate surface area is 168 Å². The molecular formula is C22H21ClFN3O. The van der Waals surface area contributed by atoms with Crippen molar-refractivity contribution in [3.63, 3.8) is 0 Å². The van der Waals surface area contributed by atoms with Crippen LogP contribution in [0.2, 0.25) is 5.02 Å². The Bertz CT molecular complexity index is 931. The number of pyridine rings is 1. The Morgan fingerprint density at radius 3 is 2.54 bits per heavy atom. The van der Waals surface area contributed by atoms with Crippen molar-refractivity contribution in [1.82, 2.24) is 10.3 Å². The Morgan fingerprint density at radius 1 is 0.964 bits per heavy atom.